The van der Waals surface area contributed by atoms with E-state index in [4.69, 9.17) is 0 Å². The Morgan fingerprint density at radius 3 is 2.50 bits per heavy atom. The van der Waals surface area contributed by atoms with Gasteiger partial charge in [0.05, 0.1) is 22.9 Å². The number of likely N-dealkylation sites (tertiary alicyclic amines) is 1. The molecule has 0 aliphatic carbocycles. The van der Waals surface area contributed by atoms with E-state index in [9.17, 15) is 24.3 Å². The Balaban J connectivity index is 1.85. The van der Waals surface area contributed by atoms with Crippen molar-refractivity contribution in [1.82, 2.24) is 14.5 Å². The van der Waals surface area contributed by atoms with Crippen LogP contribution in [0.15, 0.2) is 64.2 Å². The molecule has 1 saturated heterocycles. The van der Waals surface area contributed by atoms with E-state index in [-0.39, 0.29) is 24.8 Å². The molecule has 0 unspecified atom stereocenters. The standard InChI is InChI=1S/C22H21N3O5/c26-19-15-9-4-5-10-16(15)23-22(30)25(19)18(13-14-7-2-1-3-8-14)20(27)24-12-6-11-17(24)21(28)29/h1-5,7-10,17-18H,6,11-13H2,(H,23,30)(H,28,29)/p-1/t17-,18-/m0/s1. The zero-order chi connectivity index (χ0) is 21.3. The van der Waals surface area contributed by atoms with Gasteiger partial charge in [-0.05, 0) is 30.5 Å². The van der Waals surface area contributed by atoms with E-state index < -0.39 is 35.2 Å². The third kappa shape index (κ3) is 3.52. The van der Waals surface area contributed by atoms with E-state index in [1.54, 1.807) is 48.5 Å². The maximum Gasteiger partial charge on any atom is 0.329 e. The summed E-state index contributed by atoms with van der Waals surface area (Å²) in [6.07, 6.45) is 0.887. The number of aromatic nitrogens is 2. The van der Waals surface area contributed by atoms with E-state index in [0.717, 1.165) is 10.1 Å². The maximum absolute atomic E-state index is 13.4. The average molecular weight is 406 g/mol. The number of hydrogen-bond acceptors (Lipinski definition) is 5. The van der Waals surface area contributed by atoms with Crippen LogP contribution in [0.2, 0.25) is 0 Å². The van der Waals surface area contributed by atoms with E-state index in [1.807, 2.05) is 6.07 Å². The molecular formula is C22H20N3O5-. The van der Waals surface area contributed by atoms with Crippen LogP contribution in [0.4, 0.5) is 0 Å². The number of nitrogens with zero attached hydrogens (tertiary/aromatic N) is 2. The summed E-state index contributed by atoms with van der Waals surface area (Å²) in [7, 11) is 0. The van der Waals surface area contributed by atoms with Crippen LogP contribution >= 0.6 is 0 Å². The minimum Gasteiger partial charge on any atom is -0.548 e. The molecule has 4 rings (SSSR count). The maximum atomic E-state index is 13.4. The molecule has 3 aromatic rings. The lowest BCUT2D eigenvalue weighted by Crippen LogP contribution is -2.52. The first kappa shape index (κ1) is 19.6. The molecule has 8 nitrogen and oxygen atoms in total. The Morgan fingerprint density at radius 1 is 1.07 bits per heavy atom. The minimum atomic E-state index is -1.33. The fourth-order valence-corrected chi connectivity index (χ4v) is 4.05. The SMILES string of the molecule is O=C([O-])[C@@H]1CCCN1C(=O)[C@H](Cc1ccccc1)n1c(=O)[nH]c2ccccc2c1=O. The Morgan fingerprint density at radius 2 is 1.77 bits per heavy atom. The van der Waals surface area contributed by atoms with Gasteiger partial charge in [-0.2, -0.15) is 0 Å². The van der Waals surface area contributed by atoms with E-state index in [0.29, 0.717) is 11.9 Å². The number of carbonyl (C=O) groups is 2. The predicted molar refractivity (Wildman–Crippen MR) is 108 cm³/mol. The smallest absolute Gasteiger partial charge is 0.329 e. The third-order valence-corrected chi connectivity index (χ3v) is 5.51. The van der Waals surface area contributed by atoms with Gasteiger partial charge in [-0.25, -0.2) is 9.36 Å². The molecule has 1 fully saturated rings. The molecule has 2 atom stereocenters. The number of para-hydroxylation sites is 1. The van der Waals surface area contributed by atoms with Crippen LogP contribution in [0.25, 0.3) is 10.9 Å². The van der Waals surface area contributed by atoms with Crippen LogP contribution in [-0.2, 0) is 16.0 Å². The lowest BCUT2D eigenvalue weighted by atomic mass is 10.0. The molecule has 1 amide bonds. The fraction of sp³-hybridized carbons (Fsp3) is 0.273. The number of aliphatic carboxylic acids is 1. The number of carboxylic acid groups (broad SMARTS) is 1. The summed E-state index contributed by atoms with van der Waals surface area (Å²) in [5.74, 6) is -1.91. The summed E-state index contributed by atoms with van der Waals surface area (Å²) in [5, 5.41) is 11.8. The number of benzene rings is 2. The summed E-state index contributed by atoms with van der Waals surface area (Å²) in [6, 6.07) is 13.3. The Hall–Kier alpha value is -3.68. The average Bonchev–Trinajstić information content (AvgIpc) is 3.23. The first-order chi connectivity index (χ1) is 14.5. The van der Waals surface area contributed by atoms with Gasteiger partial charge >= 0.3 is 5.69 Å². The lowest BCUT2D eigenvalue weighted by molar-refractivity contribution is -0.310. The van der Waals surface area contributed by atoms with E-state index >= 15 is 0 Å². The third-order valence-electron chi connectivity index (χ3n) is 5.51. The largest absolute Gasteiger partial charge is 0.548 e. The summed E-state index contributed by atoms with van der Waals surface area (Å²) in [5.41, 5.74) is -0.173. The zero-order valence-corrected chi connectivity index (χ0v) is 16.1. The highest BCUT2D eigenvalue weighted by atomic mass is 16.4. The van der Waals surface area contributed by atoms with Crippen molar-refractivity contribution in [3.63, 3.8) is 0 Å². The van der Waals surface area contributed by atoms with E-state index in [1.165, 1.54) is 4.90 Å². The summed E-state index contributed by atoms with van der Waals surface area (Å²) < 4.78 is 0.905. The highest BCUT2D eigenvalue weighted by molar-refractivity contribution is 5.86. The number of rotatable bonds is 5. The topological polar surface area (TPSA) is 115 Å². The van der Waals surface area contributed by atoms with Gasteiger partial charge in [-0.1, -0.05) is 42.5 Å². The van der Waals surface area contributed by atoms with Crippen molar-refractivity contribution in [1.29, 1.82) is 0 Å². The summed E-state index contributed by atoms with van der Waals surface area (Å²) in [4.78, 5) is 54.8. The number of nitrogens with one attached hydrogen (secondary N) is 1. The van der Waals surface area contributed by atoms with Gasteiger partial charge in [0.25, 0.3) is 5.56 Å². The molecule has 0 spiro atoms. The number of aromatic amines is 1. The first-order valence-electron chi connectivity index (χ1n) is 9.76. The van der Waals surface area contributed by atoms with Gasteiger partial charge < -0.3 is 19.8 Å². The molecule has 2 heterocycles. The molecule has 1 aliphatic rings. The highest BCUT2D eigenvalue weighted by Gasteiger charge is 2.36. The van der Waals surface area contributed by atoms with Crippen LogP contribution in [0.3, 0.4) is 0 Å². The molecule has 1 N–H and O–H groups in total. The quantitative estimate of drug-likeness (QED) is 0.651. The fourth-order valence-electron chi connectivity index (χ4n) is 4.05. The molecule has 1 aliphatic heterocycles. The highest BCUT2D eigenvalue weighted by Crippen LogP contribution is 2.23. The second-order valence-corrected chi connectivity index (χ2v) is 7.37. The first-order valence-corrected chi connectivity index (χ1v) is 9.76. The molecule has 154 valence electrons. The predicted octanol–water partition coefficient (Wildman–Crippen LogP) is 0.214. The molecule has 0 radical (unpaired) electrons. The second-order valence-electron chi connectivity index (χ2n) is 7.37. The van der Waals surface area contributed by atoms with Crippen molar-refractivity contribution in [2.45, 2.75) is 31.3 Å². The van der Waals surface area contributed by atoms with Crippen LogP contribution < -0.4 is 16.4 Å². The molecular weight excluding hydrogens is 386 g/mol. The monoisotopic (exact) mass is 406 g/mol. The van der Waals surface area contributed by atoms with Gasteiger partial charge in [-0.15, -0.1) is 0 Å². The zero-order valence-electron chi connectivity index (χ0n) is 16.1. The van der Waals surface area contributed by atoms with Crippen LogP contribution in [-0.4, -0.2) is 38.9 Å². The van der Waals surface area contributed by atoms with Gasteiger partial charge in [0.1, 0.15) is 6.04 Å². The van der Waals surface area contributed by atoms with Crippen molar-refractivity contribution in [2.24, 2.45) is 0 Å². The van der Waals surface area contributed by atoms with Crippen molar-refractivity contribution in [3.05, 3.63) is 81.0 Å². The second kappa shape index (κ2) is 7.98. The van der Waals surface area contributed by atoms with Crippen molar-refractivity contribution in [3.8, 4) is 0 Å². The van der Waals surface area contributed by atoms with Crippen LogP contribution in [0, 0.1) is 0 Å². The number of H-pyrrole nitrogens is 1. The van der Waals surface area contributed by atoms with Crippen molar-refractivity contribution >= 4 is 22.8 Å². The van der Waals surface area contributed by atoms with Crippen molar-refractivity contribution < 1.29 is 14.7 Å². The number of carbonyl (C=O) groups excluding carboxylic acids is 2. The Labute approximate surface area is 171 Å². The molecule has 0 bridgehead atoms. The molecule has 8 heteroatoms. The molecule has 0 saturated carbocycles. The van der Waals surface area contributed by atoms with Gasteiger partial charge in [0, 0.05) is 13.0 Å². The van der Waals surface area contributed by atoms with Gasteiger partial charge in [0.2, 0.25) is 5.91 Å². The van der Waals surface area contributed by atoms with Crippen LogP contribution in [0.5, 0.6) is 0 Å². The molecule has 1 aromatic heterocycles. The van der Waals surface area contributed by atoms with Crippen molar-refractivity contribution in [2.75, 3.05) is 6.54 Å². The Bertz CT molecular complexity index is 1210. The number of hydrogen-bond donors (Lipinski definition) is 1. The van der Waals surface area contributed by atoms with E-state index in [2.05, 4.69) is 4.98 Å². The lowest BCUT2D eigenvalue weighted by Gasteiger charge is -2.30. The number of fused-ring (bicyclic) bond motifs is 1. The molecule has 30 heavy (non-hydrogen) atoms. The molecule has 2 aromatic carbocycles. The minimum absolute atomic E-state index is 0.0806. The normalized spacial score (nSPS) is 17.2. The Kier molecular flexibility index (Phi) is 5.22. The summed E-state index contributed by atoms with van der Waals surface area (Å²) in [6.45, 7) is 0.239. The van der Waals surface area contributed by atoms with Gasteiger partial charge in [-0.3, -0.25) is 9.59 Å². The van der Waals surface area contributed by atoms with Crippen LogP contribution in [0.1, 0.15) is 24.4 Å². The number of amides is 1. The van der Waals surface area contributed by atoms with Gasteiger partial charge in [0.15, 0.2) is 0 Å². The summed E-state index contributed by atoms with van der Waals surface area (Å²) >= 11 is 0. The number of carboxylic acids is 1.